The minimum absolute atomic E-state index is 0.197. The van der Waals surface area contributed by atoms with Gasteiger partial charge in [-0.25, -0.2) is 0 Å². The van der Waals surface area contributed by atoms with Crippen LogP contribution in [0.5, 0.6) is 0 Å². The third-order valence-corrected chi connectivity index (χ3v) is 3.02. The van der Waals surface area contributed by atoms with E-state index >= 15 is 0 Å². The number of hydrogen-bond donors (Lipinski definition) is 0. The molecule has 0 saturated carbocycles. The summed E-state index contributed by atoms with van der Waals surface area (Å²) in [5.41, 5.74) is 0.333. The van der Waals surface area contributed by atoms with Crippen LogP contribution in [0.25, 0.3) is 0 Å². The maximum absolute atomic E-state index is 11.8. The quantitative estimate of drug-likeness (QED) is 0.788. The summed E-state index contributed by atoms with van der Waals surface area (Å²) in [6.07, 6.45) is 0. The van der Waals surface area contributed by atoms with Crippen LogP contribution in [0, 0.1) is 0 Å². The highest BCUT2D eigenvalue weighted by atomic mass is 79.9. The maximum Gasteiger partial charge on any atom is 0.316 e. The molecular weight excluding hydrogens is 256 g/mol. The lowest BCUT2D eigenvalue weighted by molar-refractivity contribution is -0.148. The highest BCUT2D eigenvalue weighted by Gasteiger charge is 2.32. The molecule has 1 aromatic rings. The standard InChI is InChI=1S/C12H15BrO2/c1-4-15-11(14)12(2,3)9-7-5-6-8-10(9)13/h5-8H,4H2,1-3H3. The zero-order chi connectivity index (χ0) is 11.5. The Balaban J connectivity index is 3.05. The Morgan fingerprint density at radius 1 is 1.40 bits per heavy atom. The fraction of sp³-hybridized carbons (Fsp3) is 0.417. The molecule has 0 aliphatic carbocycles. The Kier molecular flexibility index (Phi) is 3.91. The van der Waals surface area contributed by atoms with Crippen molar-refractivity contribution in [2.24, 2.45) is 0 Å². The van der Waals surface area contributed by atoms with Gasteiger partial charge in [0.05, 0.1) is 12.0 Å². The van der Waals surface area contributed by atoms with Crippen molar-refractivity contribution in [2.45, 2.75) is 26.2 Å². The number of benzene rings is 1. The fourth-order valence-electron chi connectivity index (χ4n) is 1.39. The first-order valence-corrected chi connectivity index (χ1v) is 5.71. The van der Waals surface area contributed by atoms with Crippen LogP contribution in [0.2, 0.25) is 0 Å². The predicted octanol–water partition coefficient (Wildman–Crippen LogP) is 3.29. The van der Waals surface area contributed by atoms with Gasteiger partial charge < -0.3 is 4.74 Å². The SMILES string of the molecule is CCOC(=O)C(C)(C)c1ccccc1Br. The summed E-state index contributed by atoms with van der Waals surface area (Å²) in [5.74, 6) is -0.197. The van der Waals surface area contributed by atoms with Crippen LogP contribution >= 0.6 is 15.9 Å². The molecule has 0 atom stereocenters. The first kappa shape index (κ1) is 12.2. The molecule has 0 heterocycles. The molecular formula is C12H15BrO2. The van der Waals surface area contributed by atoms with E-state index in [-0.39, 0.29) is 5.97 Å². The summed E-state index contributed by atoms with van der Waals surface area (Å²) in [5, 5.41) is 0. The van der Waals surface area contributed by atoms with Crippen molar-refractivity contribution in [3.8, 4) is 0 Å². The normalized spacial score (nSPS) is 11.2. The lowest BCUT2D eigenvalue weighted by Crippen LogP contribution is -2.31. The number of rotatable bonds is 3. The second-order valence-corrected chi connectivity index (χ2v) is 4.68. The van der Waals surface area contributed by atoms with Gasteiger partial charge in [-0.1, -0.05) is 34.1 Å². The number of carbonyl (C=O) groups is 1. The van der Waals surface area contributed by atoms with Crippen molar-refractivity contribution >= 4 is 21.9 Å². The van der Waals surface area contributed by atoms with Gasteiger partial charge in [0.25, 0.3) is 0 Å². The fourth-order valence-corrected chi connectivity index (χ4v) is 2.17. The van der Waals surface area contributed by atoms with Crippen LogP contribution in [-0.2, 0) is 14.9 Å². The van der Waals surface area contributed by atoms with E-state index in [1.165, 1.54) is 0 Å². The van der Waals surface area contributed by atoms with Crippen molar-refractivity contribution in [3.63, 3.8) is 0 Å². The van der Waals surface area contributed by atoms with Crippen LogP contribution in [0.15, 0.2) is 28.7 Å². The second kappa shape index (κ2) is 4.79. The Morgan fingerprint density at radius 2 is 2.00 bits per heavy atom. The summed E-state index contributed by atoms with van der Waals surface area (Å²) in [6.45, 7) is 5.96. The molecule has 0 aliphatic heterocycles. The van der Waals surface area contributed by atoms with E-state index in [4.69, 9.17) is 4.74 Å². The van der Waals surface area contributed by atoms with Gasteiger partial charge in [-0.15, -0.1) is 0 Å². The minimum atomic E-state index is -0.615. The highest BCUT2D eigenvalue weighted by Crippen LogP contribution is 2.30. The van der Waals surface area contributed by atoms with Crippen molar-refractivity contribution in [2.75, 3.05) is 6.61 Å². The smallest absolute Gasteiger partial charge is 0.316 e. The predicted molar refractivity (Wildman–Crippen MR) is 63.8 cm³/mol. The van der Waals surface area contributed by atoms with Gasteiger partial charge in [0.2, 0.25) is 0 Å². The van der Waals surface area contributed by atoms with Gasteiger partial charge in [0.1, 0.15) is 0 Å². The zero-order valence-corrected chi connectivity index (χ0v) is 10.8. The molecule has 0 saturated heterocycles. The average molecular weight is 271 g/mol. The van der Waals surface area contributed by atoms with Crippen molar-refractivity contribution in [1.82, 2.24) is 0 Å². The van der Waals surface area contributed by atoms with Crippen LogP contribution in [0.3, 0.4) is 0 Å². The molecule has 2 nitrogen and oxygen atoms in total. The monoisotopic (exact) mass is 270 g/mol. The number of ether oxygens (including phenoxy) is 1. The van der Waals surface area contributed by atoms with E-state index in [1.54, 1.807) is 0 Å². The van der Waals surface area contributed by atoms with Crippen LogP contribution in [0.1, 0.15) is 26.3 Å². The van der Waals surface area contributed by atoms with Crippen LogP contribution in [-0.4, -0.2) is 12.6 Å². The average Bonchev–Trinajstić information content (AvgIpc) is 2.18. The molecule has 0 aromatic heterocycles. The first-order valence-electron chi connectivity index (χ1n) is 4.92. The topological polar surface area (TPSA) is 26.3 Å². The van der Waals surface area contributed by atoms with Gasteiger partial charge in [-0.05, 0) is 32.4 Å². The Hall–Kier alpha value is -0.830. The molecule has 0 spiro atoms. The molecule has 0 fully saturated rings. The molecule has 0 N–H and O–H groups in total. The maximum atomic E-state index is 11.8. The molecule has 1 aromatic carbocycles. The second-order valence-electron chi connectivity index (χ2n) is 3.83. The Morgan fingerprint density at radius 3 is 2.53 bits per heavy atom. The van der Waals surface area contributed by atoms with Gasteiger partial charge in [0, 0.05) is 4.47 Å². The molecule has 0 aliphatic rings. The number of esters is 1. The van der Waals surface area contributed by atoms with E-state index in [0.717, 1.165) is 10.0 Å². The van der Waals surface area contributed by atoms with E-state index in [9.17, 15) is 4.79 Å². The lowest BCUT2D eigenvalue weighted by Gasteiger charge is -2.23. The third kappa shape index (κ3) is 2.59. The summed E-state index contributed by atoms with van der Waals surface area (Å²) < 4.78 is 5.99. The first-order chi connectivity index (χ1) is 7.00. The van der Waals surface area contributed by atoms with Crippen LogP contribution < -0.4 is 0 Å². The van der Waals surface area contributed by atoms with Crippen molar-refractivity contribution < 1.29 is 9.53 Å². The Labute approximate surface area is 98.8 Å². The van der Waals surface area contributed by atoms with E-state index in [0.29, 0.717) is 6.61 Å². The summed E-state index contributed by atoms with van der Waals surface area (Å²) >= 11 is 3.44. The molecule has 0 amide bonds. The number of hydrogen-bond acceptors (Lipinski definition) is 2. The van der Waals surface area contributed by atoms with Gasteiger partial charge in [0.15, 0.2) is 0 Å². The number of carbonyl (C=O) groups excluding carboxylic acids is 1. The van der Waals surface area contributed by atoms with Gasteiger partial charge in [-0.3, -0.25) is 4.79 Å². The zero-order valence-electron chi connectivity index (χ0n) is 9.21. The van der Waals surface area contributed by atoms with E-state index in [1.807, 2.05) is 45.0 Å². The molecule has 0 bridgehead atoms. The highest BCUT2D eigenvalue weighted by molar-refractivity contribution is 9.10. The van der Waals surface area contributed by atoms with Gasteiger partial charge >= 0.3 is 5.97 Å². The Bertz CT molecular complexity index is 358. The number of halogens is 1. The molecule has 0 radical (unpaired) electrons. The minimum Gasteiger partial charge on any atom is -0.465 e. The van der Waals surface area contributed by atoms with E-state index in [2.05, 4.69) is 15.9 Å². The summed E-state index contributed by atoms with van der Waals surface area (Å²) in [6, 6.07) is 7.70. The van der Waals surface area contributed by atoms with Crippen molar-refractivity contribution in [1.29, 1.82) is 0 Å². The molecule has 1 rings (SSSR count). The molecule has 3 heteroatoms. The largest absolute Gasteiger partial charge is 0.465 e. The molecule has 82 valence electrons. The summed E-state index contributed by atoms with van der Waals surface area (Å²) in [4.78, 5) is 11.8. The molecule has 0 unspecified atom stereocenters. The van der Waals surface area contributed by atoms with Gasteiger partial charge in [-0.2, -0.15) is 0 Å². The summed E-state index contributed by atoms with van der Waals surface area (Å²) in [7, 11) is 0. The van der Waals surface area contributed by atoms with E-state index < -0.39 is 5.41 Å². The lowest BCUT2D eigenvalue weighted by atomic mass is 9.85. The molecule has 15 heavy (non-hydrogen) atoms. The van der Waals surface area contributed by atoms with Crippen LogP contribution in [0.4, 0.5) is 0 Å². The van der Waals surface area contributed by atoms with Crippen molar-refractivity contribution in [3.05, 3.63) is 34.3 Å². The third-order valence-electron chi connectivity index (χ3n) is 2.33.